The molecule has 8 heteroatoms. The van der Waals surface area contributed by atoms with Crippen LogP contribution in [0.1, 0.15) is 57.4 Å². The van der Waals surface area contributed by atoms with Gasteiger partial charge in [-0.15, -0.1) is 0 Å². The normalized spacial score (nSPS) is 19.0. The van der Waals surface area contributed by atoms with Gasteiger partial charge in [0.25, 0.3) is 5.91 Å². The van der Waals surface area contributed by atoms with Gasteiger partial charge in [0.05, 0.1) is 15.8 Å². The minimum atomic E-state index is -3.71. The van der Waals surface area contributed by atoms with Gasteiger partial charge in [0.15, 0.2) is 16.4 Å². The lowest BCUT2D eigenvalue weighted by Crippen LogP contribution is -2.37. The van der Waals surface area contributed by atoms with Gasteiger partial charge < -0.3 is 15.4 Å². The first kappa shape index (κ1) is 20.6. The van der Waals surface area contributed by atoms with Gasteiger partial charge in [-0.25, -0.2) is 8.42 Å². The monoisotopic (exact) mass is 408 g/mol. The van der Waals surface area contributed by atoms with E-state index in [1.807, 2.05) is 0 Å². The van der Waals surface area contributed by atoms with Crippen LogP contribution in [0.25, 0.3) is 0 Å². The lowest BCUT2D eigenvalue weighted by molar-refractivity contribution is -0.122. The van der Waals surface area contributed by atoms with E-state index >= 15 is 0 Å². The molecular weight excluding hydrogens is 380 g/mol. The van der Waals surface area contributed by atoms with Crippen LogP contribution in [0.4, 0.5) is 5.69 Å². The molecule has 0 aromatic heterocycles. The topological polar surface area (TPSA) is 102 Å². The number of hydrogen-bond acceptors (Lipinski definition) is 5. The number of anilines is 1. The van der Waals surface area contributed by atoms with Gasteiger partial charge >= 0.3 is 0 Å². The Balaban J connectivity index is 1.71. The summed E-state index contributed by atoms with van der Waals surface area (Å²) in [7, 11) is -3.71. The number of aryl methyl sites for hydroxylation is 1. The number of fused-ring (bicyclic) bond motifs is 1. The summed E-state index contributed by atoms with van der Waals surface area (Å²) in [6.45, 7) is 3.09. The highest BCUT2D eigenvalue weighted by molar-refractivity contribution is 7.92. The van der Waals surface area contributed by atoms with Crippen molar-refractivity contribution in [2.75, 3.05) is 11.9 Å². The van der Waals surface area contributed by atoms with Crippen molar-refractivity contribution >= 4 is 27.3 Å². The minimum Gasteiger partial charge on any atom is -0.482 e. The Bertz CT molecular complexity index is 858. The van der Waals surface area contributed by atoms with Crippen molar-refractivity contribution in [3.05, 3.63) is 17.7 Å². The standard InChI is InChI=1S/C20H28N2O5S/c1-13-9-16-17(27-12-20(24)22-16)11-18(13)28(25,26)14(2)10-19(23)21-15-7-5-3-4-6-8-15/h9,11,14-15H,3-8,10,12H2,1-2H3,(H,21,23)(H,22,24)/t14-/m0/s1. The largest absolute Gasteiger partial charge is 0.482 e. The number of nitrogens with one attached hydrogen (secondary N) is 2. The van der Waals surface area contributed by atoms with E-state index in [4.69, 9.17) is 4.74 Å². The fourth-order valence-electron chi connectivity index (χ4n) is 3.82. The van der Waals surface area contributed by atoms with Crippen LogP contribution in [0.3, 0.4) is 0 Å². The Kier molecular flexibility index (Phi) is 6.27. The number of rotatable bonds is 5. The van der Waals surface area contributed by atoms with Crippen molar-refractivity contribution in [3.8, 4) is 5.75 Å². The number of sulfone groups is 1. The van der Waals surface area contributed by atoms with E-state index in [1.54, 1.807) is 19.9 Å². The first-order chi connectivity index (χ1) is 13.3. The van der Waals surface area contributed by atoms with Crippen molar-refractivity contribution in [3.63, 3.8) is 0 Å². The zero-order chi connectivity index (χ0) is 20.3. The predicted octanol–water partition coefficient (Wildman–Crippen LogP) is 2.72. The van der Waals surface area contributed by atoms with Crippen molar-refractivity contribution in [2.45, 2.75) is 75.0 Å². The van der Waals surface area contributed by atoms with Gasteiger partial charge in [-0.3, -0.25) is 9.59 Å². The molecule has 2 aliphatic rings. The average molecular weight is 409 g/mol. The Morgan fingerprint density at radius 2 is 1.93 bits per heavy atom. The number of amides is 2. The molecule has 1 saturated carbocycles. The number of carbonyl (C=O) groups is 2. The first-order valence-corrected chi connectivity index (χ1v) is 11.4. The molecule has 0 bridgehead atoms. The van der Waals surface area contributed by atoms with Crippen molar-refractivity contribution < 1.29 is 22.7 Å². The SMILES string of the molecule is Cc1cc2c(cc1S(=O)(=O)[C@@H](C)CC(=O)NC1CCCCCC1)OCC(=O)N2. The molecule has 1 fully saturated rings. The highest BCUT2D eigenvalue weighted by atomic mass is 32.2. The number of ether oxygens (including phenoxy) is 1. The van der Waals surface area contributed by atoms with Crippen LogP contribution in [0.5, 0.6) is 5.75 Å². The summed E-state index contributed by atoms with van der Waals surface area (Å²) < 4.78 is 31.5. The second-order valence-electron chi connectivity index (χ2n) is 7.77. The summed E-state index contributed by atoms with van der Waals surface area (Å²) >= 11 is 0. The molecule has 7 nitrogen and oxygen atoms in total. The van der Waals surface area contributed by atoms with Crippen LogP contribution < -0.4 is 15.4 Å². The molecule has 28 heavy (non-hydrogen) atoms. The number of carbonyl (C=O) groups excluding carboxylic acids is 2. The highest BCUT2D eigenvalue weighted by Gasteiger charge is 2.30. The molecule has 1 aliphatic carbocycles. The summed E-state index contributed by atoms with van der Waals surface area (Å²) in [4.78, 5) is 24.0. The molecule has 0 radical (unpaired) electrons. The number of hydrogen-bond donors (Lipinski definition) is 2. The summed E-state index contributed by atoms with van der Waals surface area (Å²) in [5.41, 5.74) is 0.979. The molecule has 1 aromatic rings. The Hall–Kier alpha value is -2.09. The zero-order valence-corrected chi connectivity index (χ0v) is 17.2. The Labute approximate surface area is 166 Å². The summed E-state index contributed by atoms with van der Waals surface area (Å²) in [5, 5.41) is 4.82. The Morgan fingerprint density at radius 1 is 1.25 bits per heavy atom. The molecule has 0 saturated heterocycles. The zero-order valence-electron chi connectivity index (χ0n) is 16.4. The summed E-state index contributed by atoms with van der Waals surface area (Å²) in [6.07, 6.45) is 6.43. The van der Waals surface area contributed by atoms with Crippen molar-refractivity contribution in [1.82, 2.24) is 5.32 Å². The molecule has 0 unspecified atom stereocenters. The predicted molar refractivity (Wildman–Crippen MR) is 106 cm³/mol. The molecule has 154 valence electrons. The maximum Gasteiger partial charge on any atom is 0.262 e. The third kappa shape index (κ3) is 4.66. The van der Waals surface area contributed by atoms with E-state index in [1.165, 1.54) is 18.9 Å². The molecular formula is C20H28N2O5S. The minimum absolute atomic E-state index is 0.0764. The second kappa shape index (κ2) is 8.51. The van der Waals surface area contributed by atoms with Crippen LogP contribution in [0.2, 0.25) is 0 Å². The van der Waals surface area contributed by atoms with Crippen LogP contribution >= 0.6 is 0 Å². The van der Waals surface area contributed by atoms with Gasteiger partial charge in [0, 0.05) is 18.5 Å². The van der Waals surface area contributed by atoms with E-state index in [9.17, 15) is 18.0 Å². The van der Waals surface area contributed by atoms with Crippen LogP contribution in [0, 0.1) is 6.92 Å². The van der Waals surface area contributed by atoms with E-state index in [-0.39, 0.29) is 35.8 Å². The average Bonchev–Trinajstić information content (AvgIpc) is 2.89. The van der Waals surface area contributed by atoms with E-state index in [2.05, 4.69) is 10.6 Å². The van der Waals surface area contributed by atoms with Gasteiger partial charge in [0.1, 0.15) is 5.75 Å². The van der Waals surface area contributed by atoms with Crippen LogP contribution in [0.15, 0.2) is 17.0 Å². The van der Waals surface area contributed by atoms with Crippen molar-refractivity contribution in [1.29, 1.82) is 0 Å². The molecule has 3 rings (SSSR count). The summed E-state index contributed by atoms with van der Waals surface area (Å²) in [6, 6.07) is 3.18. The molecule has 1 aromatic carbocycles. The van der Waals surface area contributed by atoms with Crippen molar-refractivity contribution in [2.24, 2.45) is 0 Å². The van der Waals surface area contributed by atoms with E-state index in [0.29, 0.717) is 17.0 Å². The highest BCUT2D eigenvalue weighted by Crippen LogP contribution is 2.34. The molecule has 0 spiro atoms. The maximum absolute atomic E-state index is 13.1. The molecule has 2 amide bonds. The molecule has 2 N–H and O–H groups in total. The maximum atomic E-state index is 13.1. The van der Waals surface area contributed by atoms with Crippen LogP contribution in [-0.4, -0.2) is 38.1 Å². The first-order valence-electron chi connectivity index (χ1n) is 9.88. The molecule has 1 atom stereocenters. The van der Waals surface area contributed by atoms with Gasteiger partial charge in [0.2, 0.25) is 5.91 Å². The number of benzene rings is 1. The third-order valence-corrected chi connectivity index (χ3v) is 7.72. The van der Waals surface area contributed by atoms with Gasteiger partial charge in [-0.1, -0.05) is 25.7 Å². The Morgan fingerprint density at radius 3 is 2.61 bits per heavy atom. The quantitative estimate of drug-likeness (QED) is 0.730. The fraction of sp³-hybridized carbons (Fsp3) is 0.600. The fourth-order valence-corrected chi connectivity index (χ4v) is 5.40. The van der Waals surface area contributed by atoms with Crippen LogP contribution in [-0.2, 0) is 19.4 Å². The third-order valence-electron chi connectivity index (χ3n) is 5.44. The van der Waals surface area contributed by atoms with Gasteiger partial charge in [-0.05, 0) is 38.3 Å². The second-order valence-corrected chi connectivity index (χ2v) is 10.1. The van der Waals surface area contributed by atoms with E-state index in [0.717, 1.165) is 25.7 Å². The van der Waals surface area contributed by atoms with E-state index < -0.39 is 15.1 Å². The molecule has 1 aliphatic heterocycles. The lowest BCUT2D eigenvalue weighted by atomic mass is 10.1. The van der Waals surface area contributed by atoms with Gasteiger partial charge in [-0.2, -0.15) is 0 Å². The summed E-state index contributed by atoms with van der Waals surface area (Å²) in [5.74, 6) is -0.160. The smallest absolute Gasteiger partial charge is 0.262 e. The lowest BCUT2D eigenvalue weighted by Gasteiger charge is -2.22. The molecule has 1 heterocycles.